The van der Waals surface area contributed by atoms with E-state index in [0.29, 0.717) is 65.2 Å². The van der Waals surface area contributed by atoms with Crippen molar-refractivity contribution in [2.45, 2.75) is 26.7 Å². The van der Waals surface area contributed by atoms with Gasteiger partial charge in [-0.1, -0.05) is 11.6 Å². The summed E-state index contributed by atoms with van der Waals surface area (Å²) in [7, 11) is 0. The first-order valence-corrected chi connectivity index (χ1v) is 11.3. The molecule has 7 nitrogen and oxygen atoms in total. The van der Waals surface area contributed by atoms with Crippen molar-refractivity contribution in [2.24, 2.45) is 5.92 Å². The topological polar surface area (TPSA) is 64.2 Å². The number of hydrogen-bond donors (Lipinski definition) is 0. The predicted octanol–water partition coefficient (Wildman–Crippen LogP) is 2.94. The summed E-state index contributed by atoms with van der Waals surface area (Å²) >= 11 is 6.01. The standard InChI is InChI=1S/C22H30ClFN4O3/c1-3-25(4-2)22(31)28-9-7-16(8-10-28)20(29)26-11-13-27(14-12-26)21(30)18-6-5-17(24)15-19(18)23/h5-6,15-16H,3-4,7-14H2,1-2H3. The van der Waals surface area contributed by atoms with E-state index in [-0.39, 0.29) is 34.3 Å². The molecule has 0 bridgehead atoms. The molecule has 9 heteroatoms. The molecule has 0 aromatic heterocycles. The summed E-state index contributed by atoms with van der Waals surface area (Å²) in [5.41, 5.74) is 0.271. The number of carbonyl (C=O) groups excluding carboxylic acids is 3. The first-order valence-electron chi connectivity index (χ1n) is 10.9. The summed E-state index contributed by atoms with van der Waals surface area (Å²) < 4.78 is 13.2. The molecule has 1 aromatic rings. The van der Waals surface area contributed by atoms with Crippen LogP contribution in [0, 0.1) is 11.7 Å². The van der Waals surface area contributed by atoms with Gasteiger partial charge in [-0.15, -0.1) is 0 Å². The quantitative estimate of drug-likeness (QED) is 0.705. The van der Waals surface area contributed by atoms with Gasteiger partial charge in [0.15, 0.2) is 0 Å². The van der Waals surface area contributed by atoms with Crippen LogP contribution in [-0.4, -0.2) is 89.8 Å². The van der Waals surface area contributed by atoms with Crippen LogP contribution < -0.4 is 0 Å². The second-order valence-electron chi connectivity index (χ2n) is 7.96. The van der Waals surface area contributed by atoms with E-state index < -0.39 is 5.82 Å². The summed E-state index contributed by atoms with van der Waals surface area (Å²) in [5, 5.41) is 0.0922. The summed E-state index contributed by atoms with van der Waals surface area (Å²) in [4.78, 5) is 45.2. The molecular formula is C22H30ClFN4O3. The molecule has 31 heavy (non-hydrogen) atoms. The van der Waals surface area contributed by atoms with Gasteiger partial charge in [0.05, 0.1) is 10.6 Å². The van der Waals surface area contributed by atoms with Crippen molar-refractivity contribution in [2.75, 3.05) is 52.4 Å². The fourth-order valence-corrected chi connectivity index (χ4v) is 4.48. The predicted molar refractivity (Wildman–Crippen MR) is 117 cm³/mol. The molecule has 2 aliphatic heterocycles. The van der Waals surface area contributed by atoms with Crippen molar-refractivity contribution in [3.8, 4) is 0 Å². The number of hydrogen-bond acceptors (Lipinski definition) is 3. The minimum Gasteiger partial charge on any atom is -0.339 e. The molecule has 2 aliphatic rings. The van der Waals surface area contributed by atoms with E-state index in [1.165, 1.54) is 12.1 Å². The Hall–Kier alpha value is -2.35. The second kappa shape index (κ2) is 10.3. The van der Waals surface area contributed by atoms with E-state index in [1.807, 2.05) is 23.6 Å². The summed E-state index contributed by atoms with van der Waals surface area (Å²) in [6.07, 6.45) is 1.33. The number of halogens is 2. The van der Waals surface area contributed by atoms with Crippen LogP contribution in [0.25, 0.3) is 0 Å². The number of amides is 4. The van der Waals surface area contributed by atoms with E-state index >= 15 is 0 Å². The SMILES string of the molecule is CCN(CC)C(=O)N1CCC(C(=O)N2CCN(C(=O)c3ccc(F)cc3Cl)CC2)CC1. The number of benzene rings is 1. The van der Waals surface area contributed by atoms with Crippen LogP contribution in [0.2, 0.25) is 5.02 Å². The van der Waals surface area contributed by atoms with E-state index in [2.05, 4.69) is 0 Å². The highest BCUT2D eigenvalue weighted by atomic mass is 35.5. The summed E-state index contributed by atoms with van der Waals surface area (Å²) in [6.45, 7) is 8.22. The molecule has 3 rings (SSSR count). The molecule has 170 valence electrons. The summed E-state index contributed by atoms with van der Waals surface area (Å²) in [6, 6.07) is 3.79. The van der Waals surface area contributed by atoms with Crippen LogP contribution in [0.4, 0.5) is 9.18 Å². The van der Waals surface area contributed by atoms with Gasteiger partial charge in [0.1, 0.15) is 5.82 Å². The number of piperidine rings is 1. The number of nitrogens with zero attached hydrogens (tertiary/aromatic N) is 4. The third-order valence-corrected chi connectivity index (χ3v) is 6.50. The molecule has 0 N–H and O–H groups in total. The summed E-state index contributed by atoms with van der Waals surface area (Å²) in [5.74, 6) is -0.724. The highest BCUT2D eigenvalue weighted by molar-refractivity contribution is 6.33. The molecular weight excluding hydrogens is 423 g/mol. The lowest BCUT2D eigenvalue weighted by molar-refractivity contribution is -0.138. The zero-order valence-electron chi connectivity index (χ0n) is 18.1. The first kappa shape index (κ1) is 23.3. The van der Waals surface area contributed by atoms with Gasteiger partial charge in [-0.3, -0.25) is 9.59 Å². The van der Waals surface area contributed by atoms with Crippen LogP contribution in [0.5, 0.6) is 0 Å². The Morgan fingerprint density at radius 2 is 1.55 bits per heavy atom. The average molecular weight is 453 g/mol. The van der Waals surface area contributed by atoms with Gasteiger partial charge in [-0.2, -0.15) is 0 Å². The molecule has 1 aromatic carbocycles. The van der Waals surface area contributed by atoms with Crippen molar-refractivity contribution in [3.05, 3.63) is 34.6 Å². The zero-order valence-corrected chi connectivity index (χ0v) is 18.9. The number of rotatable bonds is 4. The second-order valence-corrected chi connectivity index (χ2v) is 8.37. The van der Waals surface area contributed by atoms with Gasteiger partial charge in [-0.25, -0.2) is 9.18 Å². The largest absolute Gasteiger partial charge is 0.339 e. The maximum Gasteiger partial charge on any atom is 0.319 e. The third kappa shape index (κ3) is 5.29. The van der Waals surface area contributed by atoms with E-state index in [9.17, 15) is 18.8 Å². The fraction of sp³-hybridized carbons (Fsp3) is 0.591. The molecule has 0 saturated carbocycles. The molecule has 0 aliphatic carbocycles. The molecule has 0 atom stereocenters. The van der Waals surface area contributed by atoms with Gasteiger partial charge >= 0.3 is 6.03 Å². The lowest BCUT2D eigenvalue weighted by Crippen LogP contribution is -2.53. The highest BCUT2D eigenvalue weighted by Crippen LogP contribution is 2.23. The van der Waals surface area contributed by atoms with E-state index in [0.717, 1.165) is 6.07 Å². The van der Waals surface area contributed by atoms with Gasteiger partial charge < -0.3 is 19.6 Å². The molecule has 2 heterocycles. The van der Waals surface area contributed by atoms with Crippen LogP contribution in [0.15, 0.2) is 18.2 Å². The highest BCUT2D eigenvalue weighted by Gasteiger charge is 2.33. The lowest BCUT2D eigenvalue weighted by atomic mass is 9.95. The maximum absolute atomic E-state index is 13.2. The zero-order chi connectivity index (χ0) is 22.5. The first-order chi connectivity index (χ1) is 14.8. The van der Waals surface area contributed by atoms with Crippen molar-refractivity contribution >= 4 is 29.4 Å². The minimum absolute atomic E-state index is 0.0440. The van der Waals surface area contributed by atoms with Crippen molar-refractivity contribution < 1.29 is 18.8 Å². The Balaban J connectivity index is 1.49. The van der Waals surface area contributed by atoms with Crippen LogP contribution in [-0.2, 0) is 4.79 Å². The fourth-order valence-electron chi connectivity index (χ4n) is 4.23. The Morgan fingerprint density at radius 1 is 0.968 bits per heavy atom. The van der Waals surface area contributed by atoms with Crippen molar-refractivity contribution in [1.82, 2.24) is 19.6 Å². The number of carbonyl (C=O) groups is 3. The Kier molecular flexibility index (Phi) is 7.75. The normalized spacial score (nSPS) is 17.6. The molecule has 0 spiro atoms. The molecule has 2 fully saturated rings. The lowest BCUT2D eigenvalue weighted by Gasteiger charge is -2.39. The maximum atomic E-state index is 13.2. The smallest absolute Gasteiger partial charge is 0.319 e. The monoisotopic (exact) mass is 452 g/mol. The van der Waals surface area contributed by atoms with Gasteiger partial charge in [0.2, 0.25) is 5.91 Å². The minimum atomic E-state index is -0.484. The molecule has 0 unspecified atom stereocenters. The van der Waals surface area contributed by atoms with Gasteiger partial charge in [0.25, 0.3) is 5.91 Å². The Labute approximate surface area is 187 Å². The number of piperazine rings is 1. The van der Waals surface area contributed by atoms with Crippen LogP contribution >= 0.6 is 11.6 Å². The van der Waals surface area contributed by atoms with Crippen LogP contribution in [0.3, 0.4) is 0 Å². The molecule has 4 amide bonds. The number of urea groups is 1. The average Bonchev–Trinajstić information content (AvgIpc) is 2.79. The number of likely N-dealkylation sites (tertiary alicyclic amines) is 1. The Bertz CT molecular complexity index is 817. The van der Waals surface area contributed by atoms with Crippen molar-refractivity contribution in [3.63, 3.8) is 0 Å². The molecule has 2 saturated heterocycles. The Morgan fingerprint density at radius 3 is 2.10 bits per heavy atom. The van der Waals surface area contributed by atoms with E-state index in [4.69, 9.17) is 11.6 Å². The van der Waals surface area contributed by atoms with Crippen LogP contribution in [0.1, 0.15) is 37.0 Å². The van der Waals surface area contributed by atoms with E-state index in [1.54, 1.807) is 9.80 Å². The van der Waals surface area contributed by atoms with Gasteiger partial charge in [0, 0.05) is 58.3 Å². The van der Waals surface area contributed by atoms with Crippen molar-refractivity contribution in [1.29, 1.82) is 0 Å². The molecule has 0 radical (unpaired) electrons. The van der Waals surface area contributed by atoms with Gasteiger partial charge in [-0.05, 0) is 44.9 Å². The third-order valence-electron chi connectivity index (χ3n) is 6.19.